The zero-order chi connectivity index (χ0) is 12.1. The van der Waals surface area contributed by atoms with Crippen LogP contribution in [0.15, 0.2) is 41.3 Å². The van der Waals surface area contributed by atoms with Crippen LogP contribution in [-0.2, 0) is 6.54 Å². The Morgan fingerprint density at radius 1 is 1.29 bits per heavy atom. The summed E-state index contributed by atoms with van der Waals surface area (Å²) in [6.07, 6.45) is 3.53. The van der Waals surface area contributed by atoms with Crippen LogP contribution in [0.5, 0.6) is 0 Å². The van der Waals surface area contributed by atoms with Gasteiger partial charge in [-0.05, 0) is 24.3 Å². The van der Waals surface area contributed by atoms with Crippen LogP contribution in [-0.4, -0.2) is 23.1 Å². The molecule has 0 saturated heterocycles. The van der Waals surface area contributed by atoms with Crippen LogP contribution in [0.1, 0.15) is 5.69 Å². The number of nitrogens with zero attached hydrogens (tertiary/aromatic N) is 2. The van der Waals surface area contributed by atoms with Gasteiger partial charge in [0.15, 0.2) is 0 Å². The molecule has 90 valence electrons. The van der Waals surface area contributed by atoms with E-state index in [0.717, 1.165) is 28.9 Å². The minimum atomic E-state index is 0.629. The van der Waals surface area contributed by atoms with E-state index in [9.17, 15) is 0 Å². The van der Waals surface area contributed by atoms with Gasteiger partial charge in [0.25, 0.3) is 0 Å². The Labute approximate surface area is 109 Å². The van der Waals surface area contributed by atoms with Gasteiger partial charge in [-0.3, -0.25) is 0 Å². The van der Waals surface area contributed by atoms with Gasteiger partial charge in [0.2, 0.25) is 0 Å². The number of nitrogens with two attached hydrogens (primary N) is 1. The van der Waals surface area contributed by atoms with Crippen molar-refractivity contribution in [1.29, 1.82) is 0 Å². The number of hydrogen-bond donors (Lipinski definition) is 2. The Morgan fingerprint density at radius 3 is 2.65 bits per heavy atom. The molecule has 0 fully saturated rings. The summed E-state index contributed by atoms with van der Waals surface area (Å²) in [7, 11) is 0. The number of rotatable bonds is 5. The van der Waals surface area contributed by atoms with Gasteiger partial charge < -0.3 is 15.6 Å². The highest BCUT2D eigenvalue weighted by molar-refractivity contribution is 9.10. The van der Waals surface area contributed by atoms with Gasteiger partial charge in [0, 0.05) is 29.4 Å². The lowest BCUT2D eigenvalue weighted by molar-refractivity contribution is 0.778. The molecule has 2 rings (SSSR count). The van der Waals surface area contributed by atoms with Crippen molar-refractivity contribution in [1.82, 2.24) is 9.97 Å². The number of benzene rings is 1. The van der Waals surface area contributed by atoms with Crippen molar-refractivity contribution in [3.8, 4) is 0 Å². The van der Waals surface area contributed by atoms with Gasteiger partial charge in [0.1, 0.15) is 0 Å². The average molecular weight is 295 g/mol. The van der Waals surface area contributed by atoms with Gasteiger partial charge in [-0.25, -0.2) is 4.98 Å². The fraction of sp³-hybridized carbons (Fsp3) is 0.250. The first-order valence-electron chi connectivity index (χ1n) is 5.47. The van der Waals surface area contributed by atoms with E-state index in [1.807, 2.05) is 18.3 Å². The summed E-state index contributed by atoms with van der Waals surface area (Å²) in [4.78, 5) is 9.35. The number of aromatic nitrogens is 2. The topological polar surface area (TPSA) is 57.9 Å². The molecule has 17 heavy (non-hydrogen) atoms. The highest BCUT2D eigenvalue weighted by Gasteiger charge is 2.07. The lowest BCUT2D eigenvalue weighted by Gasteiger charge is -2.23. The highest BCUT2D eigenvalue weighted by Crippen LogP contribution is 2.19. The first kappa shape index (κ1) is 12.1. The highest BCUT2D eigenvalue weighted by atomic mass is 79.9. The van der Waals surface area contributed by atoms with Crippen molar-refractivity contribution in [2.45, 2.75) is 6.54 Å². The maximum atomic E-state index is 5.65. The largest absolute Gasteiger partial charge is 0.364 e. The van der Waals surface area contributed by atoms with Crippen molar-refractivity contribution in [3.05, 3.63) is 47.0 Å². The molecule has 0 radical (unpaired) electrons. The van der Waals surface area contributed by atoms with Crippen molar-refractivity contribution in [3.63, 3.8) is 0 Å². The molecule has 2 aromatic rings. The summed E-state index contributed by atoms with van der Waals surface area (Å²) in [5.41, 5.74) is 7.89. The lowest BCUT2D eigenvalue weighted by Crippen LogP contribution is -2.29. The molecular formula is C12H15BrN4. The zero-order valence-electron chi connectivity index (χ0n) is 9.44. The molecular weight excluding hydrogens is 280 g/mol. The normalized spacial score (nSPS) is 10.5. The Balaban J connectivity index is 2.13. The molecule has 1 heterocycles. The second-order valence-corrected chi connectivity index (χ2v) is 4.68. The summed E-state index contributed by atoms with van der Waals surface area (Å²) in [6, 6.07) is 8.23. The predicted octanol–water partition coefficient (Wildman–Crippen LogP) is 2.14. The Hall–Kier alpha value is -1.33. The van der Waals surface area contributed by atoms with E-state index in [1.165, 1.54) is 0 Å². The number of aromatic amines is 1. The molecule has 0 aliphatic rings. The predicted molar refractivity (Wildman–Crippen MR) is 72.8 cm³/mol. The maximum Gasteiger partial charge on any atom is 0.0922 e. The summed E-state index contributed by atoms with van der Waals surface area (Å²) in [5.74, 6) is 0. The number of H-pyrrole nitrogens is 1. The van der Waals surface area contributed by atoms with Crippen molar-refractivity contribution >= 4 is 21.6 Å². The third-order valence-electron chi connectivity index (χ3n) is 2.51. The van der Waals surface area contributed by atoms with E-state index in [2.05, 4.69) is 42.9 Å². The van der Waals surface area contributed by atoms with E-state index in [0.29, 0.717) is 6.54 Å². The van der Waals surface area contributed by atoms with Gasteiger partial charge in [-0.15, -0.1) is 0 Å². The molecule has 0 amide bonds. The molecule has 0 atom stereocenters. The first-order chi connectivity index (χ1) is 8.29. The standard InChI is InChI=1S/C12H15BrN4/c13-10-1-3-12(4-2-10)17(6-5-14)8-11-7-15-9-16-11/h1-4,7,9H,5-6,8,14H2,(H,15,16). The van der Waals surface area contributed by atoms with E-state index >= 15 is 0 Å². The molecule has 0 spiro atoms. The molecule has 0 unspecified atom stereocenters. The third-order valence-corrected chi connectivity index (χ3v) is 3.04. The van der Waals surface area contributed by atoms with E-state index in [4.69, 9.17) is 5.73 Å². The molecule has 0 saturated carbocycles. The van der Waals surface area contributed by atoms with Crippen LogP contribution in [0.3, 0.4) is 0 Å². The minimum absolute atomic E-state index is 0.629. The second-order valence-electron chi connectivity index (χ2n) is 3.76. The quantitative estimate of drug-likeness (QED) is 0.888. The zero-order valence-corrected chi connectivity index (χ0v) is 11.0. The molecule has 0 aliphatic carbocycles. The summed E-state index contributed by atoms with van der Waals surface area (Å²) < 4.78 is 1.08. The third kappa shape index (κ3) is 3.31. The van der Waals surface area contributed by atoms with Crippen LogP contribution < -0.4 is 10.6 Å². The van der Waals surface area contributed by atoms with Crippen LogP contribution in [0.2, 0.25) is 0 Å². The molecule has 5 heteroatoms. The van der Waals surface area contributed by atoms with Crippen LogP contribution in [0.25, 0.3) is 0 Å². The smallest absolute Gasteiger partial charge is 0.0922 e. The monoisotopic (exact) mass is 294 g/mol. The Morgan fingerprint density at radius 2 is 2.06 bits per heavy atom. The number of nitrogens with one attached hydrogen (secondary N) is 1. The van der Waals surface area contributed by atoms with Gasteiger partial charge in [-0.1, -0.05) is 15.9 Å². The SMILES string of the molecule is NCCN(Cc1cnc[nH]1)c1ccc(Br)cc1. The van der Waals surface area contributed by atoms with Gasteiger partial charge in [0.05, 0.1) is 18.6 Å². The molecule has 0 aliphatic heterocycles. The van der Waals surface area contributed by atoms with Crippen LogP contribution in [0, 0.1) is 0 Å². The Bertz CT molecular complexity index is 438. The summed E-state index contributed by atoms with van der Waals surface area (Å²) in [5, 5.41) is 0. The summed E-state index contributed by atoms with van der Waals surface area (Å²) in [6.45, 7) is 2.24. The first-order valence-corrected chi connectivity index (χ1v) is 6.26. The summed E-state index contributed by atoms with van der Waals surface area (Å²) >= 11 is 3.43. The molecule has 0 bridgehead atoms. The number of anilines is 1. The fourth-order valence-corrected chi connectivity index (χ4v) is 1.95. The number of hydrogen-bond acceptors (Lipinski definition) is 3. The van der Waals surface area contributed by atoms with Crippen molar-refractivity contribution in [2.75, 3.05) is 18.0 Å². The maximum absolute atomic E-state index is 5.65. The van der Waals surface area contributed by atoms with E-state index in [1.54, 1.807) is 6.33 Å². The second kappa shape index (κ2) is 5.84. The van der Waals surface area contributed by atoms with E-state index < -0.39 is 0 Å². The minimum Gasteiger partial charge on any atom is -0.364 e. The van der Waals surface area contributed by atoms with Gasteiger partial charge >= 0.3 is 0 Å². The average Bonchev–Trinajstić information content (AvgIpc) is 2.82. The van der Waals surface area contributed by atoms with E-state index in [-0.39, 0.29) is 0 Å². The Kier molecular flexibility index (Phi) is 4.17. The lowest BCUT2D eigenvalue weighted by atomic mass is 10.2. The molecule has 4 nitrogen and oxygen atoms in total. The van der Waals surface area contributed by atoms with Crippen LogP contribution in [0.4, 0.5) is 5.69 Å². The van der Waals surface area contributed by atoms with Crippen molar-refractivity contribution in [2.24, 2.45) is 5.73 Å². The molecule has 1 aromatic carbocycles. The molecule has 3 N–H and O–H groups in total. The van der Waals surface area contributed by atoms with Crippen LogP contribution >= 0.6 is 15.9 Å². The number of imidazole rings is 1. The van der Waals surface area contributed by atoms with Gasteiger partial charge in [-0.2, -0.15) is 0 Å². The van der Waals surface area contributed by atoms with Crippen molar-refractivity contribution < 1.29 is 0 Å². The fourth-order valence-electron chi connectivity index (χ4n) is 1.68. The molecule has 1 aromatic heterocycles. The number of halogens is 1.